The smallest absolute Gasteiger partial charge is 0.123 e. The molecule has 0 fully saturated rings. The van der Waals surface area contributed by atoms with Gasteiger partial charge in [0.25, 0.3) is 0 Å². The molecule has 1 aliphatic carbocycles. The van der Waals surface area contributed by atoms with Gasteiger partial charge in [0.05, 0.1) is 0 Å². The zero-order valence-electron chi connectivity index (χ0n) is 7.34. The quantitative estimate of drug-likeness (QED) is 0.439. The number of aldehydes is 1. The second kappa shape index (κ2) is 3.70. The first-order chi connectivity index (χ1) is 5.24. The molecule has 0 heterocycles. The summed E-state index contributed by atoms with van der Waals surface area (Å²) in [5, 5.41) is 0. The van der Waals surface area contributed by atoms with E-state index >= 15 is 0 Å². The molecule has 1 heteroatoms. The zero-order chi connectivity index (χ0) is 8.27. The van der Waals surface area contributed by atoms with Crippen LogP contribution in [0.1, 0.15) is 33.1 Å². The van der Waals surface area contributed by atoms with Gasteiger partial charge in [-0.15, -0.1) is 0 Å². The lowest BCUT2D eigenvalue weighted by Crippen LogP contribution is -2.15. The van der Waals surface area contributed by atoms with Gasteiger partial charge in [-0.3, -0.25) is 0 Å². The summed E-state index contributed by atoms with van der Waals surface area (Å²) in [5.74, 6) is 0.857. The molecule has 0 spiro atoms. The van der Waals surface area contributed by atoms with Crippen LogP contribution in [0.3, 0.4) is 0 Å². The van der Waals surface area contributed by atoms with Crippen LogP contribution in [0.5, 0.6) is 0 Å². The van der Waals surface area contributed by atoms with Crippen molar-refractivity contribution in [3.8, 4) is 0 Å². The molecule has 1 unspecified atom stereocenters. The molecule has 0 aliphatic heterocycles. The van der Waals surface area contributed by atoms with E-state index < -0.39 is 0 Å². The van der Waals surface area contributed by atoms with Crippen molar-refractivity contribution < 1.29 is 4.79 Å². The van der Waals surface area contributed by atoms with Crippen LogP contribution < -0.4 is 0 Å². The van der Waals surface area contributed by atoms with E-state index in [1.54, 1.807) is 0 Å². The highest BCUT2D eigenvalue weighted by atomic mass is 16.1. The summed E-state index contributed by atoms with van der Waals surface area (Å²) in [7, 11) is 0. The lowest BCUT2D eigenvalue weighted by Gasteiger charge is -2.22. The summed E-state index contributed by atoms with van der Waals surface area (Å²) in [6, 6.07) is 0. The van der Waals surface area contributed by atoms with Gasteiger partial charge >= 0.3 is 0 Å². The van der Waals surface area contributed by atoms with Crippen molar-refractivity contribution in [2.45, 2.75) is 33.1 Å². The number of allylic oxidation sites excluding steroid dienone is 2. The Morgan fingerprint density at radius 2 is 2.45 bits per heavy atom. The molecule has 0 N–H and O–H groups in total. The Bertz CT molecular complexity index is 170. The minimum Gasteiger partial charge on any atom is -0.303 e. The van der Waals surface area contributed by atoms with Crippen LogP contribution in [0.2, 0.25) is 0 Å². The van der Waals surface area contributed by atoms with E-state index in [1.807, 2.05) is 6.92 Å². The van der Waals surface area contributed by atoms with E-state index in [2.05, 4.69) is 13.0 Å². The van der Waals surface area contributed by atoms with E-state index in [0.717, 1.165) is 12.7 Å². The minimum atomic E-state index is 0.249. The third kappa shape index (κ3) is 2.18. The molecule has 0 aromatic heterocycles. The lowest BCUT2D eigenvalue weighted by molar-refractivity contribution is -0.112. The number of rotatable bonds is 2. The van der Waals surface area contributed by atoms with Gasteiger partial charge in [-0.25, -0.2) is 0 Å². The average molecular weight is 152 g/mol. The summed E-state index contributed by atoms with van der Waals surface area (Å²) >= 11 is 0. The fourth-order valence-electron chi connectivity index (χ4n) is 1.57. The third-order valence-corrected chi connectivity index (χ3v) is 2.64. The van der Waals surface area contributed by atoms with E-state index in [4.69, 9.17) is 0 Å². The number of hydrogen-bond acceptors (Lipinski definition) is 1. The van der Waals surface area contributed by atoms with Crippen LogP contribution in [0.4, 0.5) is 0 Å². The topological polar surface area (TPSA) is 17.1 Å². The Labute approximate surface area is 68.5 Å². The van der Waals surface area contributed by atoms with Crippen molar-refractivity contribution >= 4 is 6.29 Å². The van der Waals surface area contributed by atoms with Crippen molar-refractivity contribution in [2.24, 2.45) is 11.8 Å². The first-order valence-electron chi connectivity index (χ1n) is 4.35. The number of hydrogen-bond donors (Lipinski definition) is 0. The zero-order valence-corrected chi connectivity index (χ0v) is 7.34. The van der Waals surface area contributed by atoms with Gasteiger partial charge in [-0.1, -0.05) is 18.6 Å². The number of carbonyl (C=O) groups is 1. The largest absolute Gasteiger partial charge is 0.303 e. The van der Waals surface area contributed by atoms with Crippen LogP contribution in [0.25, 0.3) is 0 Å². The van der Waals surface area contributed by atoms with E-state index in [1.165, 1.54) is 18.4 Å². The lowest BCUT2D eigenvalue weighted by atomic mass is 9.82. The fraction of sp³-hybridized carbons (Fsp3) is 0.700. The predicted octanol–water partition coefficient (Wildman–Crippen LogP) is 2.57. The van der Waals surface area contributed by atoms with Crippen LogP contribution >= 0.6 is 0 Å². The molecule has 2 atom stereocenters. The highest BCUT2D eigenvalue weighted by Crippen LogP contribution is 2.27. The SMILES string of the molecule is CC1=CC[C@H](C(C)C=O)CC1. The Morgan fingerprint density at radius 3 is 2.91 bits per heavy atom. The van der Waals surface area contributed by atoms with Crippen molar-refractivity contribution in [1.82, 2.24) is 0 Å². The summed E-state index contributed by atoms with van der Waals surface area (Å²) in [5.41, 5.74) is 1.49. The molecule has 62 valence electrons. The maximum absolute atomic E-state index is 10.5. The molecule has 0 aromatic carbocycles. The Morgan fingerprint density at radius 1 is 1.73 bits per heavy atom. The molecule has 11 heavy (non-hydrogen) atoms. The normalized spacial score (nSPS) is 27.5. The van der Waals surface area contributed by atoms with Crippen molar-refractivity contribution in [3.63, 3.8) is 0 Å². The van der Waals surface area contributed by atoms with Gasteiger partial charge in [0, 0.05) is 5.92 Å². The summed E-state index contributed by atoms with van der Waals surface area (Å²) in [6.07, 6.45) is 6.84. The van der Waals surface area contributed by atoms with Gasteiger partial charge < -0.3 is 4.79 Å². The molecule has 0 amide bonds. The average Bonchev–Trinajstić information content (AvgIpc) is 2.05. The van der Waals surface area contributed by atoms with Gasteiger partial charge in [0.1, 0.15) is 6.29 Å². The van der Waals surface area contributed by atoms with Crippen molar-refractivity contribution in [3.05, 3.63) is 11.6 Å². The Hall–Kier alpha value is -0.590. The molecule has 1 rings (SSSR count). The van der Waals surface area contributed by atoms with E-state index in [-0.39, 0.29) is 5.92 Å². The second-order valence-electron chi connectivity index (χ2n) is 3.58. The van der Waals surface area contributed by atoms with Gasteiger partial charge in [-0.2, -0.15) is 0 Å². The molecule has 1 aliphatic rings. The Balaban J connectivity index is 2.46. The van der Waals surface area contributed by atoms with Gasteiger partial charge in [0.15, 0.2) is 0 Å². The first-order valence-corrected chi connectivity index (χ1v) is 4.35. The monoisotopic (exact) mass is 152 g/mol. The highest BCUT2D eigenvalue weighted by Gasteiger charge is 2.18. The van der Waals surface area contributed by atoms with E-state index in [9.17, 15) is 4.79 Å². The highest BCUT2D eigenvalue weighted by molar-refractivity contribution is 5.53. The predicted molar refractivity (Wildman–Crippen MR) is 46.3 cm³/mol. The summed E-state index contributed by atoms with van der Waals surface area (Å²) in [4.78, 5) is 10.5. The molecule has 0 saturated carbocycles. The molecular weight excluding hydrogens is 136 g/mol. The van der Waals surface area contributed by atoms with Crippen LogP contribution in [-0.2, 0) is 4.79 Å². The van der Waals surface area contributed by atoms with Gasteiger partial charge in [0.2, 0.25) is 0 Å². The Kier molecular flexibility index (Phi) is 2.86. The van der Waals surface area contributed by atoms with E-state index in [0.29, 0.717) is 5.92 Å². The second-order valence-corrected chi connectivity index (χ2v) is 3.58. The summed E-state index contributed by atoms with van der Waals surface area (Å²) < 4.78 is 0. The molecule has 0 bridgehead atoms. The fourth-order valence-corrected chi connectivity index (χ4v) is 1.57. The molecule has 0 saturated heterocycles. The molecule has 0 radical (unpaired) electrons. The molecule has 0 aromatic rings. The molecule has 1 nitrogen and oxygen atoms in total. The van der Waals surface area contributed by atoms with Crippen LogP contribution in [0.15, 0.2) is 11.6 Å². The molecular formula is C10H16O. The van der Waals surface area contributed by atoms with Crippen LogP contribution in [0, 0.1) is 11.8 Å². The maximum Gasteiger partial charge on any atom is 0.123 e. The standard InChI is InChI=1S/C10H16O/c1-8-3-5-10(6-4-8)9(2)7-11/h3,7,9-10H,4-6H2,1-2H3/t9?,10-/m0/s1. The van der Waals surface area contributed by atoms with Crippen molar-refractivity contribution in [1.29, 1.82) is 0 Å². The van der Waals surface area contributed by atoms with Crippen LogP contribution in [-0.4, -0.2) is 6.29 Å². The third-order valence-electron chi connectivity index (χ3n) is 2.64. The van der Waals surface area contributed by atoms with Crippen molar-refractivity contribution in [2.75, 3.05) is 0 Å². The van der Waals surface area contributed by atoms with Gasteiger partial charge in [-0.05, 0) is 32.1 Å². The summed E-state index contributed by atoms with van der Waals surface area (Å²) in [6.45, 7) is 4.19. The maximum atomic E-state index is 10.5. The first kappa shape index (κ1) is 8.51. The minimum absolute atomic E-state index is 0.249. The number of carbonyl (C=O) groups excluding carboxylic acids is 1.